The Balaban J connectivity index is 1.39. The molecule has 0 saturated carbocycles. The maximum atomic E-state index is 13.8. The van der Waals surface area contributed by atoms with Crippen molar-refractivity contribution in [1.29, 1.82) is 0 Å². The zero-order valence-electron chi connectivity index (χ0n) is 24.3. The Morgan fingerprint density at radius 2 is 1.81 bits per heavy atom. The second-order valence-electron chi connectivity index (χ2n) is 12.1. The Bertz CT molecular complexity index is 1260. The first kappa shape index (κ1) is 32.0. The molecule has 7 N–H and O–H groups in total. The molecule has 0 radical (unpaired) electrons. The van der Waals surface area contributed by atoms with Gasteiger partial charge in [-0.1, -0.05) is 45.0 Å². The number of thiazole rings is 1. The van der Waals surface area contributed by atoms with Gasteiger partial charge in [-0.05, 0) is 23.5 Å². The number of carbonyl (C=O) groups is 3. The number of nitrogens with one attached hydrogen (secondary N) is 2. The van der Waals surface area contributed by atoms with Gasteiger partial charge >= 0.3 is 0 Å². The molecule has 2 aliphatic rings. The number of aromatic nitrogens is 1. The van der Waals surface area contributed by atoms with Gasteiger partial charge < -0.3 is 41.3 Å². The lowest BCUT2D eigenvalue weighted by Crippen LogP contribution is -2.58. The van der Waals surface area contributed by atoms with Crippen LogP contribution >= 0.6 is 11.3 Å². The summed E-state index contributed by atoms with van der Waals surface area (Å²) in [5.74, 6) is -1.45. The van der Waals surface area contributed by atoms with Gasteiger partial charge in [-0.3, -0.25) is 14.4 Å². The minimum Gasteiger partial charge on any atom is -0.391 e. The summed E-state index contributed by atoms with van der Waals surface area (Å²) in [5, 5.41) is 36.3. The lowest BCUT2D eigenvalue weighted by Gasteiger charge is -2.35. The van der Waals surface area contributed by atoms with E-state index < -0.39 is 65.7 Å². The normalized spacial score (nSPS) is 26.7. The van der Waals surface area contributed by atoms with E-state index >= 15 is 0 Å². The SMILES string of the molecule is Cc1ncsc1-c1ccc(CNC(=O)C2CC(O)CN2C(=O)C(NC(=O)CC2O[C@H](CN)[C@@H](O)[C@H]2O)C(C)(C)C)cc1. The summed E-state index contributed by atoms with van der Waals surface area (Å²) in [6.45, 7) is 7.48. The molecule has 1 aromatic carbocycles. The summed E-state index contributed by atoms with van der Waals surface area (Å²) >= 11 is 1.56. The van der Waals surface area contributed by atoms with Gasteiger partial charge in [0, 0.05) is 26.1 Å². The van der Waals surface area contributed by atoms with Crippen LogP contribution < -0.4 is 16.4 Å². The van der Waals surface area contributed by atoms with Gasteiger partial charge in [0.1, 0.15) is 24.3 Å². The van der Waals surface area contributed by atoms with Gasteiger partial charge in [0.15, 0.2) is 0 Å². The van der Waals surface area contributed by atoms with Crippen molar-refractivity contribution in [3.8, 4) is 10.4 Å². The molecule has 12 nitrogen and oxygen atoms in total. The van der Waals surface area contributed by atoms with Gasteiger partial charge in [0.2, 0.25) is 17.7 Å². The standard InChI is InChI=1S/C29H41N5O7S/c1-15-25(42-14-32-15)17-7-5-16(6-8-17)12-31-27(39)19-9-18(35)13-34(19)28(40)26(29(2,3)4)33-22(36)10-20-23(37)24(38)21(11-30)41-20/h5-8,14,18-21,23-24,26,35,37-38H,9-13,30H2,1-4H3,(H,31,39)(H,33,36)/t18?,19?,20?,21-,23+,24-,26?/m1/s1. The van der Waals surface area contributed by atoms with Crippen molar-refractivity contribution in [1.82, 2.24) is 20.5 Å². The zero-order chi connectivity index (χ0) is 30.8. The number of β-amino-alcohol motifs (C(OH)–C–C–N with tert-alkyl or cyclic N) is 1. The summed E-state index contributed by atoms with van der Waals surface area (Å²) in [4.78, 5) is 46.7. The van der Waals surface area contributed by atoms with Crippen molar-refractivity contribution in [2.75, 3.05) is 13.1 Å². The summed E-state index contributed by atoms with van der Waals surface area (Å²) < 4.78 is 5.52. The highest BCUT2D eigenvalue weighted by molar-refractivity contribution is 7.13. The van der Waals surface area contributed by atoms with Crippen LogP contribution in [0, 0.1) is 12.3 Å². The van der Waals surface area contributed by atoms with Crippen LogP contribution in [-0.4, -0.2) is 98.6 Å². The van der Waals surface area contributed by atoms with E-state index in [2.05, 4.69) is 15.6 Å². The van der Waals surface area contributed by atoms with Gasteiger partial charge in [-0.15, -0.1) is 11.3 Å². The molecular formula is C29H41N5O7S. The van der Waals surface area contributed by atoms with Crippen LogP contribution in [-0.2, 0) is 25.7 Å². The van der Waals surface area contributed by atoms with Crippen molar-refractivity contribution >= 4 is 29.1 Å². The number of carbonyl (C=O) groups excluding carboxylic acids is 3. The van der Waals surface area contributed by atoms with Gasteiger partial charge in [-0.25, -0.2) is 4.98 Å². The predicted octanol–water partition coefficient (Wildman–Crippen LogP) is 0.0654. The van der Waals surface area contributed by atoms with Crippen LogP contribution in [0.5, 0.6) is 0 Å². The van der Waals surface area contributed by atoms with E-state index in [0.717, 1.165) is 21.7 Å². The van der Waals surface area contributed by atoms with Crippen molar-refractivity contribution in [3.05, 3.63) is 41.0 Å². The molecule has 7 atom stereocenters. The number of aryl methyl sites for hydroxylation is 1. The van der Waals surface area contributed by atoms with Crippen molar-refractivity contribution < 1.29 is 34.4 Å². The average molecular weight is 604 g/mol. The van der Waals surface area contributed by atoms with E-state index in [0.29, 0.717) is 0 Å². The number of nitrogens with zero attached hydrogens (tertiary/aromatic N) is 2. The molecule has 4 unspecified atom stereocenters. The zero-order valence-corrected chi connectivity index (χ0v) is 25.1. The molecule has 3 amide bonds. The number of amides is 3. The predicted molar refractivity (Wildman–Crippen MR) is 156 cm³/mol. The maximum absolute atomic E-state index is 13.8. The molecule has 3 heterocycles. The first-order chi connectivity index (χ1) is 19.8. The Labute approximate surface area is 249 Å². The van der Waals surface area contributed by atoms with Crippen LogP contribution in [0.3, 0.4) is 0 Å². The highest BCUT2D eigenvalue weighted by Crippen LogP contribution is 2.29. The number of hydrogen-bond donors (Lipinski definition) is 6. The molecule has 230 valence electrons. The third-order valence-corrected chi connectivity index (χ3v) is 8.77. The number of ether oxygens (including phenoxy) is 1. The molecule has 1 aromatic heterocycles. The lowest BCUT2D eigenvalue weighted by atomic mass is 9.85. The topological polar surface area (TPSA) is 187 Å². The van der Waals surface area contributed by atoms with Crippen LogP contribution in [0.15, 0.2) is 29.8 Å². The minimum atomic E-state index is -1.29. The number of aliphatic hydroxyl groups excluding tert-OH is 3. The first-order valence-electron chi connectivity index (χ1n) is 14.1. The Kier molecular flexibility index (Phi) is 10.0. The summed E-state index contributed by atoms with van der Waals surface area (Å²) in [5.41, 5.74) is 9.49. The van der Waals surface area contributed by atoms with Crippen LogP contribution in [0.25, 0.3) is 10.4 Å². The maximum Gasteiger partial charge on any atom is 0.246 e. The first-order valence-corrected chi connectivity index (χ1v) is 14.9. The van der Waals surface area contributed by atoms with E-state index in [4.69, 9.17) is 10.5 Å². The highest BCUT2D eigenvalue weighted by atomic mass is 32.1. The Morgan fingerprint density at radius 1 is 1.14 bits per heavy atom. The summed E-state index contributed by atoms with van der Waals surface area (Å²) in [6, 6.07) is 5.86. The summed E-state index contributed by atoms with van der Waals surface area (Å²) in [7, 11) is 0. The molecule has 2 saturated heterocycles. The fourth-order valence-electron chi connectivity index (χ4n) is 5.37. The second-order valence-corrected chi connectivity index (χ2v) is 12.9. The fraction of sp³-hybridized carbons (Fsp3) is 0.586. The van der Waals surface area contributed by atoms with Crippen molar-refractivity contribution in [2.24, 2.45) is 11.1 Å². The molecule has 2 aliphatic heterocycles. The van der Waals surface area contributed by atoms with Crippen molar-refractivity contribution in [3.63, 3.8) is 0 Å². The molecule has 0 spiro atoms. The van der Waals surface area contributed by atoms with E-state index in [1.807, 2.05) is 31.2 Å². The van der Waals surface area contributed by atoms with Crippen LogP contribution in [0.2, 0.25) is 0 Å². The molecule has 13 heteroatoms. The van der Waals surface area contributed by atoms with Crippen LogP contribution in [0.4, 0.5) is 0 Å². The lowest BCUT2D eigenvalue weighted by molar-refractivity contribution is -0.144. The largest absolute Gasteiger partial charge is 0.391 e. The Morgan fingerprint density at radius 3 is 2.38 bits per heavy atom. The molecule has 4 rings (SSSR count). The fourth-order valence-corrected chi connectivity index (χ4v) is 6.18. The Hall–Kier alpha value is -2.94. The van der Waals surface area contributed by atoms with E-state index in [1.165, 1.54) is 4.90 Å². The highest BCUT2D eigenvalue weighted by Gasteiger charge is 2.46. The summed E-state index contributed by atoms with van der Waals surface area (Å²) in [6.07, 6.45) is -5.36. The number of nitrogens with two attached hydrogens (primary N) is 1. The molecule has 0 aliphatic carbocycles. The molecule has 0 bridgehead atoms. The van der Waals surface area contributed by atoms with E-state index in [1.54, 1.807) is 37.6 Å². The van der Waals surface area contributed by atoms with Crippen LogP contribution in [0.1, 0.15) is 44.9 Å². The number of hydrogen-bond acceptors (Lipinski definition) is 10. The minimum absolute atomic E-state index is 0.0158. The number of likely N-dealkylation sites (tertiary alicyclic amines) is 1. The molecular weight excluding hydrogens is 562 g/mol. The number of benzene rings is 1. The monoisotopic (exact) mass is 603 g/mol. The average Bonchev–Trinajstić information content (AvgIpc) is 3.63. The molecule has 2 fully saturated rings. The van der Waals surface area contributed by atoms with Gasteiger partial charge in [0.05, 0.1) is 40.8 Å². The third kappa shape index (κ3) is 7.16. The smallest absolute Gasteiger partial charge is 0.246 e. The second kappa shape index (κ2) is 13.1. The van der Waals surface area contributed by atoms with Gasteiger partial charge in [-0.2, -0.15) is 0 Å². The molecule has 42 heavy (non-hydrogen) atoms. The number of rotatable bonds is 9. The van der Waals surface area contributed by atoms with E-state index in [9.17, 15) is 29.7 Å². The number of aliphatic hydroxyl groups is 3. The quantitative estimate of drug-likeness (QED) is 0.231. The third-order valence-electron chi connectivity index (χ3n) is 7.79. The van der Waals surface area contributed by atoms with Crippen molar-refractivity contribution in [2.45, 2.75) is 89.7 Å². The molecule has 2 aromatic rings. The van der Waals surface area contributed by atoms with Gasteiger partial charge in [0.25, 0.3) is 0 Å². The van der Waals surface area contributed by atoms with E-state index in [-0.39, 0.29) is 32.5 Å².